The predicted octanol–water partition coefficient (Wildman–Crippen LogP) is 9.79. The smallest absolute Gasteiger partial charge is 0.343 e. The van der Waals surface area contributed by atoms with E-state index in [9.17, 15) is 19.8 Å². The molecule has 278 valence electrons. The molecule has 0 spiro atoms. The van der Waals surface area contributed by atoms with Gasteiger partial charge < -0.3 is 19.7 Å². The molecule has 4 fully saturated rings. The number of hydrogen-bond acceptors (Lipinski definition) is 8. The molecule has 4 aliphatic carbocycles. The number of aliphatic imine (C=N–C) groups is 2. The van der Waals surface area contributed by atoms with Gasteiger partial charge in [0.05, 0.1) is 0 Å². The van der Waals surface area contributed by atoms with Gasteiger partial charge in [-0.2, -0.15) is 0 Å². The largest absolute Gasteiger partial charge is 0.512 e. The summed E-state index contributed by atoms with van der Waals surface area (Å²) in [5.74, 6) is -0.609. The average molecular weight is 709 g/mol. The molecule has 52 heavy (non-hydrogen) atoms. The topological polar surface area (TPSA) is 118 Å². The number of aliphatic hydroxyl groups is 2. The first-order chi connectivity index (χ1) is 24.5. The third-order valence-electron chi connectivity index (χ3n) is 14.5. The van der Waals surface area contributed by atoms with Crippen molar-refractivity contribution in [1.29, 1.82) is 0 Å². The minimum atomic E-state index is -0.678. The maximum atomic E-state index is 13.7. The van der Waals surface area contributed by atoms with Gasteiger partial charge in [0.1, 0.15) is 47.0 Å². The Balaban J connectivity index is 1.30. The van der Waals surface area contributed by atoms with Gasteiger partial charge in [0, 0.05) is 23.3 Å². The number of carbonyl (C=O) groups excluding carboxylic acids is 2. The van der Waals surface area contributed by atoms with Crippen molar-refractivity contribution >= 4 is 24.4 Å². The van der Waals surface area contributed by atoms with E-state index in [0.29, 0.717) is 11.8 Å². The number of allylic oxidation sites excluding steroid dienone is 2. The Morgan fingerprint density at radius 3 is 1.27 bits per heavy atom. The summed E-state index contributed by atoms with van der Waals surface area (Å²) in [4.78, 5) is 37.3. The van der Waals surface area contributed by atoms with E-state index in [4.69, 9.17) is 19.5 Å². The summed E-state index contributed by atoms with van der Waals surface area (Å²) in [5, 5.41) is 21.5. The molecule has 6 unspecified atom stereocenters. The maximum Gasteiger partial charge on any atom is 0.343 e. The Hall–Kier alpha value is -4.20. The van der Waals surface area contributed by atoms with E-state index in [1.165, 1.54) is 26.3 Å². The van der Waals surface area contributed by atoms with Crippen molar-refractivity contribution in [3.63, 3.8) is 0 Å². The second-order valence-electron chi connectivity index (χ2n) is 17.3. The van der Waals surface area contributed by atoms with Crippen LogP contribution >= 0.6 is 0 Å². The molecule has 8 nitrogen and oxygen atoms in total. The van der Waals surface area contributed by atoms with Gasteiger partial charge in [0.15, 0.2) is 0 Å². The number of carbonyl (C=O) groups is 2. The number of esters is 2. The molecule has 0 aromatic heterocycles. The molecule has 2 aromatic carbocycles. The Morgan fingerprint density at radius 1 is 0.654 bits per heavy atom. The zero-order chi connectivity index (χ0) is 37.6. The van der Waals surface area contributed by atoms with Crippen molar-refractivity contribution in [2.45, 2.75) is 118 Å². The first kappa shape index (κ1) is 37.6. The van der Waals surface area contributed by atoms with Crippen molar-refractivity contribution in [1.82, 2.24) is 0 Å². The van der Waals surface area contributed by atoms with Crippen molar-refractivity contribution in [2.75, 3.05) is 0 Å². The number of hydrogen-bond donors (Lipinski definition) is 2. The summed E-state index contributed by atoms with van der Waals surface area (Å²) in [6.07, 6.45) is 8.15. The third-order valence-corrected chi connectivity index (χ3v) is 14.5. The van der Waals surface area contributed by atoms with E-state index in [0.717, 1.165) is 49.7 Å². The van der Waals surface area contributed by atoms with Gasteiger partial charge in [-0.25, -0.2) is 9.59 Å². The van der Waals surface area contributed by atoms with Crippen molar-refractivity contribution in [3.05, 3.63) is 94.5 Å². The number of benzene rings is 2. The van der Waals surface area contributed by atoms with Gasteiger partial charge in [-0.15, -0.1) is 0 Å². The van der Waals surface area contributed by atoms with Gasteiger partial charge >= 0.3 is 11.9 Å². The summed E-state index contributed by atoms with van der Waals surface area (Å²) in [5.41, 5.74) is 1.42. The Kier molecular flexibility index (Phi) is 10.1. The lowest BCUT2D eigenvalue weighted by Crippen LogP contribution is -2.38. The monoisotopic (exact) mass is 708 g/mol. The zero-order valence-corrected chi connectivity index (χ0v) is 32.1. The Labute approximate surface area is 309 Å². The van der Waals surface area contributed by atoms with Gasteiger partial charge in [0.2, 0.25) is 0 Å². The Bertz CT molecular complexity index is 1650. The lowest BCUT2D eigenvalue weighted by Gasteiger charge is -2.38. The summed E-state index contributed by atoms with van der Waals surface area (Å²) in [6.45, 7) is 16.4. The maximum absolute atomic E-state index is 13.7. The summed E-state index contributed by atoms with van der Waals surface area (Å²) < 4.78 is 12.3. The van der Waals surface area contributed by atoms with Crippen LogP contribution in [0, 0.1) is 33.5 Å². The summed E-state index contributed by atoms with van der Waals surface area (Å²) >= 11 is 0. The van der Waals surface area contributed by atoms with E-state index in [1.54, 1.807) is 0 Å². The summed E-state index contributed by atoms with van der Waals surface area (Å²) in [6, 6.07) is 17.8. The molecule has 4 aliphatic rings. The minimum absolute atomic E-state index is 0.0152. The van der Waals surface area contributed by atoms with Gasteiger partial charge in [-0.1, -0.05) is 102 Å². The highest BCUT2D eigenvalue weighted by Gasteiger charge is 2.64. The van der Waals surface area contributed by atoms with Crippen LogP contribution in [0.1, 0.15) is 117 Å². The standard InChI is InChI=1S/C44H56N2O6/c1-27(47)33(39(49)51-35-23-31-19-21-43(35,7)41(31,3)4)25-45-37(29-15-11-9-12-16-29)38(30-17-13-10-14-18-30)46-26-34(28(2)48)40(50)52-36-24-32-20-22-44(36,8)42(32,5)6/h9-18,25-26,31-32,35-38,47-48H,19-24H2,1-8H3/t31?,32?,35?,36?,37-,38-,43?,44?/m0/s1. The number of ether oxygens (including phenoxy) is 2. The number of rotatable bonds is 11. The van der Waals surface area contributed by atoms with E-state index < -0.39 is 24.0 Å². The van der Waals surface area contributed by atoms with Crippen LogP contribution in [0.2, 0.25) is 0 Å². The van der Waals surface area contributed by atoms with E-state index in [2.05, 4.69) is 41.5 Å². The van der Waals surface area contributed by atoms with Crippen LogP contribution in [-0.4, -0.2) is 46.8 Å². The molecule has 2 N–H and O–H groups in total. The van der Waals surface area contributed by atoms with Crippen LogP contribution in [0.3, 0.4) is 0 Å². The molecule has 4 bridgehead atoms. The molecular formula is C44H56N2O6. The SMILES string of the molecule is CC(O)=C(C=N[C@@H](c1ccccc1)[C@@H](N=CC(C(=O)OC1CC2CCC1(C)C2(C)C)=C(C)O)c1ccccc1)C(=O)OC1CC2CCC1(C)C2(C)C. The molecule has 0 amide bonds. The highest BCUT2D eigenvalue weighted by Crippen LogP contribution is 2.67. The quantitative estimate of drug-likeness (QED) is 0.104. The van der Waals surface area contributed by atoms with Crippen LogP contribution in [0.25, 0.3) is 0 Å². The van der Waals surface area contributed by atoms with Crippen LogP contribution in [0.4, 0.5) is 0 Å². The van der Waals surface area contributed by atoms with Crippen molar-refractivity contribution in [2.24, 2.45) is 43.5 Å². The van der Waals surface area contributed by atoms with Gasteiger partial charge in [-0.3, -0.25) is 9.98 Å². The zero-order valence-electron chi connectivity index (χ0n) is 32.1. The second kappa shape index (κ2) is 14.0. The molecule has 8 atom stereocenters. The Morgan fingerprint density at radius 2 is 1.00 bits per heavy atom. The summed E-state index contributed by atoms with van der Waals surface area (Å²) in [7, 11) is 0. The van der Waals surface area contributed by atoms with E-state index >= 15 is 0 Å². The highest BCUT2D eigenvalue weighted by molar-refractivity contribution is 6.10. The van der Waals surface area contributed by atoms with Gasteiger partial charge in [0.25, 0.3) is 0 Å². The first-order valence-electron chi connectivity index (χ1n) is 18.9. The molecule has 4 saturated carbocycles. The van der Waals surface area contributed by atoms with Crippen molar-refractivity contribution < 1.29 is 29.3 Å². The molecule has 6 rings (SSSR count). The fourth-order valence-corrected chi connectivity index (χ4v) is 9.90. The number of aliphatic hydroxyl groups excluding tert-OH is 2. The predicted molar refractivity (Wildman–Crippen MR) is 204 cm³/mol. The van der Waals surface area contributed by atoms with E-state index in [-0.39, 0.29) is 56.5 Å². The molecule has 0 aliphatic heterocycles. The van der Waals surface area contributed by atoms with Crippen LogP contribution in [0.15, 0.2) is 93.3 Å². The lowest BCUT2D eigenvalue weighted by atomic mass is 9.70. The van der Waals surface area contributed by atoms with Crippen LogP contribution in [0.5, 0.6) is 0 Å². The van der Waals surface area contributed by atoms with Gasteiger partial charge in [-0.05, 0) is 86.2 Å². The molecular weight excluding hydrogens is 652 g/mol. The number of fused-ring (bicyclic) bond motifs is 4. The normalized spacial score (nSPS) is 32.1. The average Bonchev–Trinajstić information content (AvgIpc) is 3.62. The fourth-order valence-electron chi connectivity index (χ4n) is 9.90. The molecule has 8 heteroatoms. The van der Waals surface area contributed by atoms with E-state index in [1.807, 2.05) is 60.7 Å². The number of nitrogens with zero attached hydrogens (tertiary/aromatic N) is 2. The molecule has 0 saturated heterocycles. The van der Waals surface area contributed by atoms with Crippen LogP contribution < -0.4 is 0 Å². The first-order valence-corrected chi connectivity index (χ1v) is 18.9. The lowest BCUT2D eigenvalue weighted by molar-refractivity contribution is -0.152. The molecule has 0 heterocycles. The highest BCUT2D eigenvalue weighted by atomic mass is 16.6. The fraction of sp³-hybridized carbons (Fsp3) is 0.545. The van der Waals surface area contributed by atoms with Crippen molar-refractivity contribution in [3.8, 4) is 0 Å². The second-order valence-corrected chi connectivity index (χ2v) is 17.3. The van der Waals surface area contributed by atoms with Crippen LogP contribution in [-0.2, 0) is 19.1 Å². The molecule has 2 aromatic rings. The third kappa shape index (κ3) is 6.40. The molecule has 0 radical (unpaired) electrons. The minimum Gasteiger partial charge on any atom is -0.512 e.